The minimum Gasteiger partial charge on any atom is -0.473 e. The van der Waals surface area contributed by atoms with Gasteiger partial charge in [0.1, 0.15) is 24.6 Å². The van der Waals surface area contributed by atoms with Crippen molar-refractivity contribution in [3.63, 3.8) is 0 Å². The number of anilines is 1. The van der Waals surface area contributed by atoms with Crippen LogP contribution >= 0.6 is 0 Å². The van der Waals surface area contributed by atoms with Gasteiger partial charge in [0.2, 0.25) is 11.8 Å². The Bertz CT molecular complexity index is 1720. The number of ether oxygens (including phenoxy) is 3. The van der Waals surface area contributed by atoms with Gasteiger partial charge in [-0.3, -0.25) is 5.41 Å². The molecular weight excluding hydrogens is 631 g/mol. The predicted molar refractivity (Wildman–Crippen MR) is 201 cm³/mol. The average molecular weight is 683 g/mol. The molecule has 0 atom stereocenters. The van der Waals surface area contributed by atoms with Gasteiger partial charge in [-0.25, -0.2) is 9.18 Å². The number of carbonyl (C=O) groups is 1. The molecule has 1 aliphatic heterocycles. The van der Waals surface area contributed by atoms with Crippen LogP contribution in [0.2, 0.25) is 0 Å². The summed E-state index contributed by atoms with van der Waals surface area (Å²) >= 11 is 0. The third kappa shape index (κ3) is 10.9. The number of rotatable bonds is 10. The van der Waals surface area contributed by atoms with Gasteiger partial charge in [-0.2, -0.15) is 4.98 Å². The van der Waals surface area contributed by atoms with Gasteiger partial charge in [-0.05, 0) is 62.1 Å². The summed E-state index contributed by atoms with van der Waals surface area (Å²) in [7, 11) is 1.73. The van der Waals surface area contributed by atoms with Crippen LogP contribution in [0.15, 0.2) is 91.0 Å². The highest BCUT2D eigenvalue weighted by molar-refractivity contribution is 6.15. The molecule has 0 unspecified atom stereocenters. The van der Waals surface area contributed by atoms with Crippen molar-refractivity contribution in [1.29, 1.82) is 5.41 Å². The molecular formula is C41H51FN4O4. The lowest BCUT2D eigenvalue weighted by Crippen LogP contribution is -2.39. The second-order valence-corrected chi connectivity index (χ2v) is 12.0. The number of pyridine rings is 1. The number of nitrogens with one attached hydrogen (secondary N) is 2. The van der Waals surface area contributed by atoms with Crippen LogP contribution in [0.3, 0.4) is 0 Å². The first kappa shape index (κ1) is 39.3. The molecule has 0 spiro atoms. The maximum atomic E-state index is 15.8. The molecule has 4 aromatic rings. The Morgan fingerprint density at radius 3 is 2.02 bits per heavy atom. The largest absolute Gasteiger partial charge is 0.473 e. The Balaban J connectivity index is 0.00000163. The third-order valence-corrected chi connectivity index (χ3v) is 7.40. The number of aromatic nitrogens is 1. The van der Waals surface area contributed by atoms with E-state index in [9.17, 15) is 4.79 Å². The van der Waals surface area contributed by atoms with Gasteiger partial charge in [0, 0.05) is 43.0 Å². The van der Waals surface area contributed by atoms with Crippen molar-refractivity contribution in [1.82, 2.24) is 9.88 Å². The number of amides is 1. The summed E-state index contributed by atoms with van der Waals surface area (Å²) in [5.41, 5.74) is 3.95. The molecule has 5 rings (SSSR count). The van der Waals surface area contributed by atoms with Gasteiger partial charge in [0.25, 0.3) is 0 Å². The molecule has 0 radical (unpaired) electrons. The first-order chi connectivity index (χ1) is 24.1. The molecule has 0 saturated carbocycles. The summed E-state index contributed by atoms with van der Waals surface area (Å²) in [6, 6.07) is 25.9. The number of hydrogen-bond donors (Lipinski definition) is 2. The van der Waals surface area contributed by atoms with E-state index in [1.54, 1.807) is 30.1 Å². The lowest BCUT2D eigenvalue weighted by atomic mass is 9.94. The molecule has 0 bridgehead atoms. The smallest absolute Gasteiger partial charge is 0.410 e. The van der Waals surface area contributed by atoms with Crippen LogP contribution in [0.5, 0.6) is 11.8 Å². The van der Waals surface area contributed by atoms with Crippen molar-refractivity contribution in [2.24, 2.45) is 0 Å². The number of carbonyl (C=O) groups excluding carboxylic acids is 1. The van der Waals surface area contributed by atoms with Crippen molar-refractivity contribution in [2.75, 3.05) is 25.5 Å². The summed E-state index contributed by atoms with van der Waals surface area (Å²) in [6.45, 7) is 14.8. The zero-order valence-corrected chi connectivity index (χ0v) is 30.6. The molecule has 0 fully saturated rings. The average Bonchev–Trinajstić information content (AvgIpc) is 3.14. The van der Waals surface area contributed by atoms with Crippen molar-refractivity contribution in [3.8, 4) is 11.8 Å². The Kier molecular flexibility index (Phi) is 15.0. The summed E-state index contributed by atoms with van der Waals surface area (Å²) in [6.07, 6.45) is 1.93. The fourth-order valence-corrected chi connectivity index (χ4v) is 5.05. The van der Waals surface area contributed by atoms with E-state index in [-0.39, 0.29) is 18.2 Å². The van der Waals surface area contributed by atoms with E-state index in [4.69, 9.17) is 19.6 Å². The molecule has 0 aliphatic carbocycles. The molecule has 1 amide bonds. The van der Waals surface area contributed by atoms with Gasteiger partial charge < -0.3 is 24.4 Å². The lowest BCUT2D eigenvalue weighted by molar-refractivity contribution is 0.0270. The Morgan fingerprint density at radius 2 is 1.48 bits per heavy atom. The Labute approximate surface area is 296 Å². The summed E-state index contributed by atoms with van der Waals surface area (Å²) in [5, 5.41) is 12.3. The molecule has 50 heavy (non-hydrogen) atoms. The highest BCUT2D eigenvalue weighted by atomic mass is 19.1. The van der Waals surface area contributed by atoms with Gasteiger partial charge in [0.05, 0.1) is 11.3 Å². The second kappa shape index (κ2) is 19.1. The van der Waals surface area contributed by atoms with Gasteiger partial charge in [-0.15, -0.1) is 0 Å². The predicted octanol–water partition coefficient (Wildman–Crippen LogP) is 9.91. The third-order valence-electron chi connectivity index (χ3n) is 7.40. The van der Waals surface area contributed by atoms with E-state index >= 15 is 4.39 Å². The summed E-state index contributed by atoms with van der Waals surface area (Å²) < 4.78 is 33.3. The van der Waals surface area contributed by atoms with E-state index < -0.39 is 17.5 Å². The minimum atomic E-state index is -0.591. The van der Waals surface area contributed by atoms with Gasteiger partial charge in [0.15, 0.2) is 0 Å². The Morgan fingerprint density at radius 1 is 0.880 bits per heavy atom. The van der Waals surface area contributed by atoms with Crippen LogP contribution in [0.1, 0.15) is 82.7 Å². The van der Waals surface area contributed by atoms with Crippen molar-refractivity contribution in [3.05, 3.63) is 125 Å². The molecule has 1 aromatic heterocycles. The normalized spacial score (nSPS) is 12.3. The van der Waals surface area contributed by atoms with Crippen LogP contribution in [-0.4, -0.2) is 47.4 Å². The van der Waals surface area contributed by atoms with E-state index in [2.05, 4.69) is 10.3 Å². The quantitative estimate of drug-likeness (QED) is 0.162. The highest BCUT2D eigenvalue weighted by Crippen LogP contribution is 2.33. The topological polar surface area (TPSA) is 96.8 Å². The van der Waals surface area contributed by atoms with Crippen molar-refractivity contribution >= 4 is 23.1 Å². The zero-order chi connectivity index (χ0) is 36.7. The number of nitrogens with zero attached hydrogens (tertiary/aromatic N) is 2. The van der Waals surface area contributed by atoms with E-state index in [0.29, 0.717) is 54.4 Å². The Hall–Kier alpha value is -5.18. The molecule has 9 heteroatoms. The van der Waals surface area contributed by atoms with Crippen molar-refractivity contribution in [2.45, 2.75) is 73.7 Å². The second-order valence-electron chi connectivity index (χ2n) is 12.0. The number of halogens is 1. The summed E-state index contributed by atoms with van der Waals surface area (Å²) in [4.78, 5) is 18.7. The number of hydrogen-bond acceptors (Lipinski definition) is 7. The molecule has 1 aliphatic rings. The fourth-order valence-electron chi connectivity index (χ4n) is 5.05. The van der Waals surface area contributed by atoms with Gasteiger partial charge >= 0.3 is 6.09 Å². The van der Waals surface area contributed by atoms with E-state index in [0.717, 1.165) is 16.7 Å². The molecule has 266 valence electrons. The van der Waals surface area contributed by atoms with Crippen LogP contribution in [0, 0.1) is 11.2 Å². The van der Waals surface area contributed by atoms with Crippen LogP contribution < -0.4 is 14.8 Å². The van der Waals surface area contributed by atoms with Crippen LogP contribution in [0.4, 0.5) is 14.9 Å². The minimum absolute atomic E-state index is 0.0497. The fraction of sp³-hybridized carbons (Fsp3) is 0.341. The van der Waals surface area contributed by atoms with Crippen LogP contribution in [-0.2, 0) is 18.0 Å². The molecule has 0 saturated heterocycles. The lowest BCUT2D eigenvalue weighted by Gasteiger charge is -2.30. The molecule has 2 heterocycles. The first-order valence-electron chi connectivity index (χ1n) is 17.2. The zero-order valence-electron chi connectivity index (χ0n) is 30.6. The van der Waals surface area contributed by atoms with Crippen molar-refractivity contribution < 1.29 is 23.4 Å². The van der Waals surface area contributed by atoms with E-state index in [1.807, 2.05) is 115 Å². The highest BCUT2D eigenvalue weighted by Gasteiger charge is 2.26. The standard InChI is InChI=1S/C37H39FN4O4.2C2H6/c1-37(2,3)46-36(43)42-19-17-27(18-20-42)29-22-32(40-4)30(21-31(29)38)34(39)28-15-16-33(44-23-25-11-7-5-8-12-25)41-35(28)45-24-26-13-9-6-10-14-26;2*1-2/h5-17,21-22,39-40H,18-20,23-24H2,1-4H3;2*1-2H3. The maximum Gasteiger partial charge on any atom is 0.410 e. The van der Waals surface area contributed by atoms with Gasteiger partial charge in [-0.1, -0.05) is 94.4 Å². The van der Waals surface area contributed by atoms with Crippen LogP contribution in [0.25, 0.3) is 5.57 Å². The number of benzene rings is 3. The SMILES string of the molecule is CC.CC.CNc1cc(C2=CCN(C(=O)OC(C)(C)C)CC2)c(F)cc1C(=N)c1ccc(OCc2ccccc2)nc1OCc1ccccc1. The molecule has 8 nitrogen and oxygen atoms in total. The summed E-state index contributed by atoms with van der Waals surface area (Å²) in [5.74, 6) is 0.102. The first-order valence-corrected chi connectivity index (χ1v) is 17.2. The molecule has 2 N–H and O–H groups in total. The monoisotopic (exact) mass is 682 g/mol. The molecule has 3 aromatic carbocycles. The maximum absolute atomic E-state index is 15.8. The van der Waals surface area contributed by atoms with E-state index in [1.165, 1.54) is 6.07 Å².